The number of ether oxygens (including phenoxy) is 1. The first-order valence-electron chi connectivity index (χ1n) is 12.0. The molecule has 1 aromatic rings. The summed E-state index contributed by atoms with van der Waals surface area (Å²) in [4.78, 5) is 28.0. The second-order valence-electron chi connectivity index (χ2n) is 8.79. The molecule has 0 bridgehead atoms. The number of aliphatic hydroxyl groups is 2. The van der Waals surface area contributed by atoms with E-state index >= 15 is 0 Å². The van der Waals surface area contributed by atoms with Gasteiger partial charge in [0.05, 0.1) is 16.2 Å². The Balaban J connectivity index is 1.94. The first-order valence-corrected chi connectivity index (χ1v) is 13.0. The molecule has 2 amide bonds. The van der Waals surface area contributed by atoms with Crippen LogP contribution in [0.2, 0.25) is 0 Å². The molecule has 0 radical (unpaired) electrons. The fourth-order valence-corrected chi connectivity index (χ4v) is 5.31. The molecule has 2 aliphatic carbocycles. The summed E-state index contributed by atoms with van der Waals surface area (Å²) in [5.41, 5.74) is 0.472. The van der Waals surface area contributed by atoms with Gasteiger partial charge in [-0.1, -0.05) is 38.3 Å². The van der Waals surface area contributed by atoms with Crippen LogP contribution in [0.15, 0.2) is 35.9 Å². The SMILES string of the molecule is CCCC(=O)N(C1CCCCC1)C1CC(C(=O)NCCO)=CC(Oc2ccccc2I)C1O. The molecular formula is C25H35IN2O5. The molecule has 0 saturated heterocycles. The second-order valence-corrected chi connectivity index (χ2v) is 9.95. The van der Waals surface area contributed by atoms with Gasteiger partial charge in [-0.25, -0.2) is 0 Å². The molecule has 3 N–H and O–H groups in total. The summed E-state index contributed by atoms with van der Waals surface area (Å²) in [7, 11) is 0. The molecule has 182 valence electrons. The Bertz CT molecular complexity index is 840. The van der Waals surface area contributed by atoms with E-state index < -0.39 is 18.2 Å². The van der Waals surface area contributed by atoms with Crippen LogP contribution in [0.5, 0.6) is 5.75 Å². The van der Waals surface area contributed by atoms with Gasteiger partial charge in [0.15, 0.2) is 0 Å². The van der Waals surface area contributed by atoms with Crippen molar-refractivity contribution in [2.75, 3.05) is 13.2 Å². The summed E-state index contributed by atoms with van der Waals surface area (Å²) in [6, 6.07) is 7.04. The molecule has 8 heteroatoms. The van der Waals surface area contributed by atoms with Crippen LogP contribution in [-0.4, -0.2) is 64.4 Å². The van der Waals surface area contributed by atoms with Gasteiger partial charge in [-0.2, -0.15) is 0 Å². The van der Waals surface area contributed by atoms with E-state index in [2.05, 4.69) is 27.9 Å². The number of hydrogen-bond acceptors (Lipinski definition) is 5. The van der Waals surface area contributed by atoms with E-state index in [1.807, 2.05) is 36.1 Å². The van der Waals surface area contributed by atoms with Crippen LogP contribution in [0, 0.1) is 3.57 Å². The lowest BCUT2D eigenvalue weighted by Crippen LogP contribution is -2.58. The number of aliphatic hydroxyl groups excluding tert-OH is 2. The summed E-state index contributed by atoms with van der Waals surface area (Å²) >= 11 is 2.18. The van der Waals surface area contributed by atoms with E-state index in [9.17, 15) is 14.7 Å². The zero-order valence-corrected chi connectivity index (χ0v) is 21.4. The quantitative estimate of drug-likeness (QED) is 0.397. The van der Waals surface area contributed by atoms with Gasteiger partial charge in [-0.3, -0.25) is 9.59 Å². The first-order chi connectivity index (χ1) is 16.0. The molecule has 1 aromatic carbocycles. The number of hydrogen-bond donors (Lipinski definition) is 3. The van der Waals surface area contributed by atoms with Crippen LogP contribution in [-0.2, 0) is 9.59 Å². The number of halogens is 1. The van der Waals surface area contributed by atoms with Gasteiger partial charge >= 0.3 is 0 Å². The fourth-order valence-electron chi connectivity index (χ4n) is 4.80. The predicted molar refractivity (Wildman–Crippen MR) is 135 cm³/mol. The summed E-state index contributed by atoms with van der Waals surface area (Å²) in [5, 5.41) is 23.3. The predicted octanol–water partition coefficient (Wildman–Crippen LogP) is 3.17. The van der Waals surface area contributed by atoms with Crippen LogP contribution >= 0.6 is 22.6 Å². The minimum Gasteiger partial charge on any atom is -0.482 e. The summed E-state index contributed by atoms with van der Waals surface area (Å²) < 4.78 is 7.09. The van der Waals surface area contributed by atoms with E-state index in [0.29, 0.717) is 17.7 Å². The van der Waals surface area contributed by atoms with Crippen molar-refractivity contribution in [2.24, 2.45) is 0 Å². The summed E-state index contributed by atoms with van der Waals surface area (Å²) in [5.74, 6) is 0.348. The maximum absolute atomic E-state index is 13.3. The number of rotatable bonds is 9. The maximum Gasteiger partial charge on any atom is 0.247 e. The van der Waals surface area contributed by atoms with Crippen molar-refractivity contribution in [3.05, 3.63) is 39.5 Å². The maximum atomic E-state index is 13.3. The standard InChI is InChI=1S/C25H35IN2O5/c1-2-8-23(30)28(18-9-4-3-5-10-18)20-15-17(25(32)27-13-14-29)16-22(24(20)31)33-21-12-7-6-11-19(21)26/h6-7,11-12,16,18,20,22,24,29,31H,2-5,8-10,13-15H2,1H3,(H,27,32). The lowest BCUT2D eigenvalue weighted by atomic mass is 9.85. The Labute approximate surface area is 209 Å². The molecule has 1 fully saturated rings. The van der Waals surface area contributed by atoms with E-state index in [1.165, 1.54) is 0 Å². The Morgan fingerprint density at radius 2 is 1.94 bits per heavy atom. The van der Waals surface area contributed by atoms with Crippen LogP contribution < -0.4 is 10.1 Å². The molecule has 1 saturated carbocycles. The lowest BCUT2D eigenvalue weighted by molar-refractivity contribution is -0.143. The first kappa shape index (κ1) is 26.0. The van der Waals surface area contributed by atoms with Gasteiger partial charge in [0, 0.05) is 31.0 Å². The van der Waals surface area contributed by atoms with Crippen molar-refractivity contribution in [1.29, 1.82) is 0 Å². The zero-order chi connectivity index (χ0) is 23.8. The molecule has 33 heavy (non-hydrogen) atoms. The minimum absolute atomic E-state index is 0.0264. The van der Waals surface area contributed by atoms with Crippen molar-refractivity contribution in [2.45, 2.75) is 82.6 Å². The highest BCUT2D eigenvalue weighted by molar-refractivity contribution is 14.1. The zero-order valence-electron chi connectivity index (χ0n) is 19.2. The van der Waals surface area contributed by atoms with Crippen LogP contribution in [0.25, 0.3) is 0 Å². The Morgan fingerprint density at radius 3 is 2.61 bits per heavy atom. The summed E-state index contributed by atoms with van der Waals surface area (Å²) in [6.45, 7) is 1.97. The molecule has 0 aliphatic heterocycles. The number of carbonyl (C=O) groups excluding carboxylic acids is 2. The van der Waals surface area contributed by atoms with Crippen molar-refractivity contribution in [3.8, 4) is 5.75 Å². The van der Waals surface area contributed by atoms with E-state index in [4.69, 9.17) is 9.84 Å². The highest BCUT2D eigenvalue weighted by Crippen LogP contribution is 2.33. The minimum atomic E-state index is -0.960. The van der Waals surface area contributed by atoms with Crippen molar-refractivity contribution in [1.82, 2.24) is 10.2 Å². The number of amides is 2. The molecule has 3 atom stereocenters. The molecule has 2 aliphatic rings. The third kappa shape index (κ3) is 6.70. The molecular weight excluding hydrogens is 535 g/mol. The van der Waals surface area contributed by atoms with Crippen LogP contribution in [0.3, 0.4) is 0 Å². The van der Waals surface area contributed by atoms with Crippen LogP contribution in [0.1, 0.15) is 58.3 Å². The largest absolute Gasteiger partial charge is 0.482 e. The van der Waals surface area contributed by atoms with Crippen molar-refractivity contribution < 1.29 is 24.5 Å². The number of carbonyl (C=O) groups is 2. The van der Waals surface area contributed by atoms with Crippen LogP contribution in [0.4, 0.5) is 0 Å². The molecule has 7 nitrogen and oxygen atoms in total. The van der Waals surface area contributed by atoms with Gasteiger partial charge in [0.25, 0.3) is 0 Å². The Hall–Kier alpha value is -1.65. The molecule has 3 rings (SSSR count). The van der Waals surface area contributed by atoms with Gasteiger partial charge in [-0.15, -0.1) is 0 Å². The second kappa shape index (κ2) is 12.7. The number of nitrogens with one attached hydrogen (secondary N) is 1. The van der Waals surface area contributed by atoms with Crippen molar-refractivity contribution >= 4 is 34.4 Å². The average Bonchev–Trinajstić information content (AvgIpc) is 2.82. The average molecular weight is 570 g/mol. The van der Waals surface area contributed by atoms with Gasteiger partial charge in [0.1, 0.15) is 18.0 Å². The van der Waals surface area contributed by atoms with Gasteiger partial charge < -0.3 is 25.2 Å². The van der Waals surface area contributed by atoms with Gasteiger partial charge in [-0.05, 0) is 60.1 Å². The van der Waals surface area contributed by atoms with E-state index in [-0.39, 0.29) is 37.4 Å². The number of benzene rings is 1. The third-order valence-electron chi connectivity index (χ3n) is 6.39. The number of nitrogens with zero attached hydrogens (tertiary/aromatic N) is 1. The van der Waals surface area contributed by atoms with E-state index in [1.54, 1.807) is 6.08 Å². The topological polar surface area (TPSA) is 99.1 Å². The van der Waals surface area contributed by atoms with Crippen molar-refractivity contribution in [3.63, 3.8) is 0 Å². The normalized spacial score (nSPS) is 23.5. The molecule has 0 aromatic heterocycles. The highest BCUT2D eigenvalue weighted by Gasteiger charge is 2.42. The molecule has 0 heterocycles. The number of para-hydroxylation sites is 1. The monoisotopic (exact) mass is 570 g/mol. The highest BCUT2D eigenvalue weighted by atomic mass is 127. The fraction of sp³-hybridized carbons (Fsp3) is 0.600. The molecule has 3 unspecified atom stereocenters. The Morgan fingerprint density at radius 1 is 1.21 bits per heavy atom. The smallest absolute Gasteiger partial charge is 0.247 e. The van der Waals surface area contributed by atoms with Gasteiger partial charge in [0.2, 0.25) is 11.8 Å². The Kier molecular flexibility index (Phi) is 10.0. The summed E-state index contributed by atoms with van der Waals surface area (Å²) in [6.07, 6.45) is 6.45. The molecule has 0 spiro atoms. The third-order valence-corrected chi connectivity index (χ3v) is 7.28. The lowest BCUT2D eigenvalue weighted by Gasteiger charge is -2.45. The van der Waals surface area contributed by atoms with E-state index in [0.717, 1.165) is 42.1 Å².